The average Bonchev–Trinajstić information content (AvgIpc) is 3.17. The minimum Gasteiger partial charge on any atom is -0.481 e. The van der Waals surface area contributed by atoms with Crippen LogP contribution in [-0.2, 0) is 0 Å². The van der Waals surface area contributed by atoms with Crippen molar-refractivity contribution in [1.82, 2.24) is 15.5 Å². The van der Waals surface area contributed by atoms with Gasteiger partial charge in [-0.15, -0.1) is 0 Å². The third-order valence-corrected chi connectivity index (χ3v) is 3.85. The molecule has 7 heteroatoms. The Balaban J connectivity index is 1.87. The summed E-state index contributed by atoms with van der Waals surface area (Å²) in [4.78, 5) is 16.6. The molecular formula is C15H18N4O3. The number of hydrogen-bond acceptors (Lipinski definition) is 6. The normalized spacial score (nSPS) is 15.0. The van der Waals surface area contributed by atoms with Gasteiger partial charge >= 0.3 is 0 Å². The van der Waals surface area contributed by atoms with E-state index >= 15 is 0 Å². The predicted molar refractivity (Wildman–Crippen MR) is 80.4 cm³/mol. The van der Waals surface area contributed by atoms with E-state index < -0.39 is 0 Å². The lowest BCUT2D eigenvalue weighted by atomic mass is 10.1. The molecule has 1 aliphatic rings. The first kappa shape index (κ1) is 14.4. The van der Waals surface area contributed by atoms with Gasteiger partial charge in [0, 0.05) is 23.9 Å². The fourth-order valence-electron chi connectivity index (χ4n) is 2.69. The molecule has 0 atom stereocenters. The summed E-state index contributed by atoms with van der Waals surface area (Å²) in [7, 11) is 1.54. The summed E-state index contributed by atoms with van der Waals surface area (Å²) in [6, 6.07) is 3.65. The van der Waals surface area contributed by atoms with Crippen LogP contribution in [-0.4, -0.2) is 29.2 Å². The summed E-state index contributed by atoms with van der Waals surface area (Å²) < 4.78 is 10.0. The maximum atomic E-state index is 12.5. The number of pyridine rings is 1. The van der Waals surface area contributed by atoms with Crippen LogP contribution < -0.4 is 15.8 Å². The van der Waals surface area contributed by atoms with Crippen LogP contribution in [0.4, 0.5) is 5.88 Å². The van der Waals surface area contributed by atoms with Crippen molar-refractivity contribution in [3.05, 3.63) is 23.9 Å². The van der Waals surface area contributed by atoms with Gasteiger partial charge in [0.25, 0.3) is 5.91 Å². The van der Waals surface area contributed by atoms with Crippen molar-refractivity contribution in [2.75, 3.05) is 12.8 Å². The predicted octanol–water partition coefficient (Wildman–Crippen LogP) is 2.00. The van der Waals surface area contributed by atoms with Crippen LogP contribution in [0.15, 0.2) is 22.9 Å². The van der Waals surface area contributed by atoms with Crippen molar-refractivity contribution in [1.29, 1.82) is 0 Å². The number of anilines is 1. The number of rotatable bonds is 4. The van der Waals surface area contributed by atoms with E-state index in [1.54, 1.807) is 18.3 Å². The van der Waals surface area contributed by atoms with Crippen LogP contribution in [0.2, 0.25) is 0 Å². The van der Waals surface area contributed by atoms with Crippen LogP contribution in [0, 0.1) is 0 Å². The zero-order chi connectivity index (χ0) is 15.5. The minimum absolute atomic E-state index is 0.0151. The molecule has 1 amide bonds. The van der Waals surface area contributed by atoms with Gasteiger partial charge in [-0.2, -0.15) is 0 Å². The van der Waals surface area contributed by atoms with Crippen LogP contribution >= 0.6 is 0 Å². The van der Waals surface area contributed by atoms with Gasteiger partial charge in [0.05, 0.1) is 7.11 Å². The molecule has 1 fully saturated rings. The Bertz CT molecular complexity index is 660. The summed E-state index contributed by atoms with van der Waals surface area (Å²) in [6.07, 6.45) is 5.84. The minimum atomic E-state index is -0.253. The maximum Gasteiger partial charge on any atom is 0.259 e. The first-order valence-electron chi connectivity index (χ1n) is 7.25. The molecule has 0 spiro atoms. The van der Waals surface area contributed by atoms with Crippen LogP contribution in [0.25, 0.3) is 11.3 Å². The smallest absolute Gasteiger partial charge is 0.259 e. The lowest BCUT2D eigenvalue weighted by Crippen LogP contribution is -2.33. The van der Waals surface area contributed by atoms with Gasteiger partial charge in [-0.1, -0.05) is 18.0 Å². The highest BCUT2D eigenvalue weighted by molar-refractivity contribution is 6.03. The third-order valence-electron chi connectivity index (χ3n) is 3.85. The topological polar surface area (TPSA) is 103 Å². The van der Waals surface area contributed by atoms with Gasteiger partial charge in [0.15, 0.2) is 0 Å². The molecule has 22 heavy (non-hydrogen) atoms. The molecule has 2 aromatic rings. The number of nitrogens with one attached hydrogen (secondary N) is 1. The second-order valence-corrected chi connectivity index (χ2v) is 5.31. The average molecular weight is 302 g/mol. The zero-order valence-corrected chi connectivity index (χ0v) is 12.3. The van der Waals surface area contributed by atoms with Gasteiger partial charge in [-0.05, 0) is 18.9 Å². The van der Waals surface area contributed by atoms with E-state index in [9.17, 15) is 4.79 Å². The summed E-state index contributed by atoms with van der Waals surface area (Å²) >= 11 is 0. The molecule has 0 unspecified atom stereocenters. The maximum absolute atomic E-state index is 12.5. The second-order valence-electron chi connectivity index (χ2n) is 5.31. The first-order valence-corrected chi connectivity index (χ1v) is 7.25. The number of nitrogen functional groups attached to an aromatic ring is 1. The van der Waals surface area contributed by atoms with E-state index in [2.05, 4.69) is 15.5 Å². The number of nitrogens with two attached hydrogens (primary N) is 1. The van der Waals surface area contributed by atoms with Crippen molar-refractivity contribution < 1.29 is 14.1 Å². The molecule has 1 aliphatic carbocycles. The van der Waals surface area contributed by atoms with Crippen molar-refractivity contribution in [3.8, 4) is 17.1 Å². The Morgan fingerprint density at radius 3 is 2.82 bits per heavy atom. The second kappa shape index (κ2) is 6.05. The van der Waals surface area contributed by atoms with Gasteiger partial charge in [0.1, 0.15) is 11.3 Å². The van der Waals surface area contributed by atoms with Gasteiger partial charge < -0.3 is 20.3 Å². The van der Waals surface area contributed by atoms with Gasteiger partial charge in [-0.25, -0.2) is 4.98 Å². The Kier molecular flexibility index (Phi) is 3.95. The molecule has 1 saturated carbocycles. The van der Waals surface area contributed by atoms with Gasteiger partial charge in [-0.3, -0.25) is 4.79 Å². The van der Waals surface area contributed by atoms with Crippen LogP contribution in [0.5, 0.6) is 5.88 Å². The standard InChI is InChI=1S/C15H18N4O3/c1-21-11-7-6-9(8-17-11)13-12(14(16)22-19-13)15(20)18-10-4-2-3-5-10/h6-8,10H,2-5,16H2,1H3,(H,18,20). The summed E-state index contributed by atoms with van der Waals surface area (Å²) in [5, 5.41) is 6.89. The zero-order valence-electron chi connectivity index (χ0n) is 12.3. The molecule has 0 aromatic carbocycles. The van der Waals surface area contributed by atoms with Crippen molar-refractivity contribution in [2.45, 2.75) is 31.7 Å². The number of aromatic nitrogens is 2. The molecule has 0 saturated heterocycles. The summed E-state index contributed by atoms with van der Waals surface area (Å²) in [5.41, 5.74) is 7.08. The highest BCUT2D eigenvalue weighted by Crippen LogP contribution is 2.28. The van der Waals surface area contributed by atoms with Crippen molar-refractivity contribution in [3.63, 3.8) is 0 Å². The monoisotopic (exact) mass is 302 g/mol. The quantitative estimate of drug-likeness (QED) is 0.895. The Morgan fingerprint density at radius 2 is 2.18 bits per heavy atom. The van der Waals surface area contributed by atoms with Crippen molar-refractivity contribution in [2.24, 2.45) is 0 Å². The number of amides is 1. The molecule has 2 heterocycles. The number of ether oxygens (including phenoxy) is 1. The SMILES string of the molecule is COc1ccc(-c2noc(N)c2C(=O)NC2CCCC2)cn1. The van der Waals surface area contributed by atoms with Crippen LogP contribution in [0.1, 0.15) is 36.0 Å². The summed E-state index contributed by atoms with van der Waals surface area (Å²) in [5.74, 6) is 0.245. The summed E-state index contributed by atoms with van der Waals surface area (Å²) in [6.45, 7) is 0. The largest absolute Gasteiger partial charge is 0.481 e. The van der Waals surface area contributed by atoms with E-state index in [1.165, 1.54) is 7.11 Å². The Hall–Kier alpha value is -2.57. The van der Waals surface area contributed by atoms with Crippen molar-refractivity contribution >= 4 is 11.8 Å². The number of carbonyl (C=O) groups excluding carboxylic acids is 1. The molecule has 3 N–H and O–H groups in total. The third kappa shape index (κ3) is 2.74. The number of carbonyl (C=O) groups is 1. The van der Waals surface area contributed by atoms with E-state index in [-0.39, 0.29) is 23.4 Å². The van der Waals surface area contributed by atoms with Gasteiger partial charge in [0.2, 0.25) is 11.8 Å². The molecule has 7 nitrogen and oxygen atoms in total. The molecular weight excluding hydrogens is 284 g/mol. The molecule has 116 valence electrons. The highest BCUT2D eigenvalue weighted by atomic mass is 16.5. The molecule has 2 aromatic heterocycles. The lowest BCUT2D eigenvalue weighted by Gasteiger charge is -2.11. The van der Waals surface area contributed by atoms with Crippen LogP contribution in [0.3, 0.4) is 0 Å². The van der Waals surface area contributed by atoms with E-state index in [4.69, 9.17) is 15.0 Å². The number of hydrogen-bond donors (Lipinski definition) is 2. The molecule has 0 aliphatic heterocycles. The molecule has 3 rings (SSSR count). The lowest BCUT2D eigenvalue weighted by molar-refractivity contribution is 0.0939. The number of nitrogens with zero attached hydrogens (tertiary/aromatic N) is 2. The first-order chi connectivity index (χ1) is 10.7. The Morgan fingerprint density at radius 1 is 1.41 bits per heavy atom. The molecule has 0 bridgehead atoms. The van der Waals surface area contributed by atoms with E-state index in [0.717, 1.165) is 25.7 Å². The fourth-order valence-corrected chi connectivity index (χ4v) is 2.69. The number of methoxy groups -OCH3 is 1. The van der Waals surface area contributed by atoms with E-state index in [0.29, 0.717) is 17.1 Å². The fraction of sp³-hybridized carbons (Fsp3) is 0.400. The highest BCUT2D eigenvalue weighted by Gasteiger charge is 2.25. The molecule has 0 radical (unpaired) electrons. The van der Waals surface area contributed by atoms with E-state index in [1.807, 2.05) is 0 Å². The Labute approximate surface area is 127 Å².